The lowest BCUT2D eigenvalue weighted by atomic mass is 10.1. The molecule has 94 valence electrons. The Balaban J connectivity index is 2.43. The Morgan fingerprint density at radius 1 is 1.35 bits per heavy atom. The van der Waals surface area contributed by atoms with Crippen LogP contribution in [-0.2, 0) is 16.0 Å². The normalized spacial score (nSPS) is 11.9. The van der Waals surface area contributed by atoms with Crippen LogP contribution in [0.15, 0.2) is 24.3 Å². The summed E-state index contributed by atoms with van der Waals surface area (Å²) in [5.74, 6) is 0.765. The van der Waals surface area contributed by atoms with Crippen molar-refractivity contribution in [2.75, 3.05) is 14.2 Å². The molecule has 1 atom stereocenters. The number of hydrogen-bond acceptors (Lipinski definition) is 3. The Kier molecular flexibility index (Phi) is 6.32. The number of aryl methyl sites for hydroxylation is 1. The number of alkyl halides is 1. The molecule has 0 aliphatic rings. The summed E-state index contributed by atoms with van der Waals surface area (Å²) < 4.78 is 9.90. The summed E-state index contributed by atoms with van der Waals surface area (Å²) in [6, 6.07) is 7.97. The zero-order chi connectivity index (χ0) is 12.7. The van der Waals surface area contributed by atoms with Crippen LogP contribution in [0.5, 0.6) is 5.75 Å². The fourth-order valence-electron chi connectivity index (χ4n) is 1.63. The van der Waals surface area contributed by atoms with E-state index in [2.05, 4.69) is 33.4 Å². The molecule has 0 aliphatic carbocycles. The maximum Gasteiger partial charge on any atom is 0.318 e. The van der Waals surface area contributed by atoms with Gasteiger partial charge in [-0.3, -0.25) is 4.79 Å². The Morgan fingerprint density at radius 2 is 2.06 bits per heavy atom. The number of halogens is 1. The van der Waals surface area contributed by atoms with Crippen LogP contribution >= 0.6 is 22.6 Å². The summed E-state index contributed by atoms with van der Waals surface area (Å²) in [5, 5.41) is 0. The molecular formula is C13H17IO3. The van der Waals surface area contributed by atoms with Gasteiger partial charge in [0.2, 0.25) is 0 Å². The summed E-state index contributed by atoms with van der Waals surface area (Å²) in [6.07, 6.45) is 2.69. The molecule has 0 amide bonds. The van der Waals surface area contributed by atoms with Crippen molar-refractivity contribution < 1.29 is 14.3 Å². The van der Waals surface area contributed by atoms with Gasteiger partial charge in [-0.15, -0.1) is 0 Å². The molecule has 0 saturated carbocycles. The topological polar surface area (TPSA) is 35.5 Å². The molecule has 0 fully saturated rings. The van der Waals surface area contributed by atoms with Crippen molar-refractivity contribution in [2.24, 2.45) is 0 Å². The van der Waals surface area contributed by atoms with E-state index < -0.39 is 0 Å². The van der Waals surface area contributed by atoms with Crippen molar-refractivity contribution in [2.45, 2.75) is 23.2 Å². The molecule has 1 unspecified atom stereocenters. The first-order valence-corrected chi connectivity index (χ1v) is 6.77. The maximum atomic E-state index is 11.2. The lowest BCUT2D eigenvalue weighted by Gasteiger charge is -2.09. The van der Waals surface area contributed by atoms with Crippen LogP contribution in [0.4, 0.5) is 0 Å². The van der Waals surface area contributed by atoms with Crippen LogP contribution < -0.4 is 4.74 Å². The Morgan fingerprint density at radius 3 is 2.71 bits per heavy atom. The van der Waals surface area contributed by atoms with Gasteiger partial charge < -0.3 is 9.47 Å². The lowest BCUT2D eigenvalue weighted by Crippen LogP contribution is -2.15. The van der Waals surface area contributed by atoms with Gasteiger partial charge in [0.25, 0.3) is 0 Å². The van der Waals surface area contributed by atoms with Crippen LogP contribution in [0.25, 0.3) is 0 Å². The Hall–Kier alpha value is -0.780. The molecule has 4 heteroatoms. The first-order valence-electron chi connectivity index (χ1n) is 5.52. The smallest absolute Gasteiger partial charge is 0.318 e. The molecule has 0 radical (unpaired) electrons. The van der Waals surface area contributed by atoms with Crippen LogP contribution in [0.3, 0.4) is 0 Å². The van der Waals surface area contributed by atoms with E-state index >= 15 is 0 Å². The highest BCUT2D eigenvalue weighted by Crippen LogP contribution is 2.21. The van der Waals surface area contributed by atoms with Gasteiger partial charge in [0.15, 0.2) is 0 Å². The number of carbonyl (C=O) groups excluding carboxylic acids is 1. The van der Waals surface area contributed by atoms with Crippen LogP contribution in [0.2, 0.25) is 0 Å². The van der Waals surface area contributed by atoms with Crippen molar-refractivity contribution in [3.05, 3.63) is 29.8 Å². The number of para-hydroxylation sites is 1. The number of carbonyl (C=O) groups is 1. The molecule has 17 heavy (non-hydrogen) atoms. The van der Waals surface area contributed by atoms with E-state index in [9.17, 15) is 4.79 Å². The van der Waals surface area contributed by atoms with Crippen molar-refractivity contribution in [3.8, 4) is 5.75 Å². The molecule has 0 aliphatic heterocycles. The van der Waals surface area contributed by atoms with Crippen LogP contribution in [0.1, 0.15) is 18.4 Å². The van der Waals surface area contributed by atoms with Gasteiger partial charge in [0.05, 0.1) is 14.2 Å². The Bertz CT molecular complexity index is 365. The highest BCUT2D eigenvalue weighted by molar-refractivity contribution is 14.1. The summed E-state index contributed by atoms with van der Waals surface area (Å²) in [6.45, 7) is 0. The third kappa shape index (κ3) is 4.53. The van der Waals surface area contributed by atoms with Gasteiger partial charge >= 0.3 is 5.97 Å². The molecule has 0 N–H and O–H groups in total. The molecule has 0 spiro atoms. The van der Waals surface area contributed by atoms with Crippen molar-refractivity contribution in [1.82, 2.24) is 0 Å². The van der Waals surface area contributed by atoms with Gasteiger partial charge in [-0.25, -0.2) is 0 Å². The zero-order valence-corrected chi connectivity index (χ0v) is 12.3. The maximum absolute atomic E-state index is 11.2. The standard InChI is InChI=1S/C13H17IO3/c1-16-12-9-4-3-6-10(12)7-5-8-11(14)13(15)17-2/h3-4,6,9,11H,5,7-8H2,1-2H3. The molecule has 0 bridgehead atoms. The average Bonchev–Trinajstić information content (AvgIpc) is 2.38. The third-order valence-corrected chi connectivity index (χ3v) is 3.68. The van der Waals surface area contributed by atoms with Crippen molar-refractivity contribution in [1.29, 1.82) is 0 Å². The van der Waals surface area contributed by atoms with E-state index in [-0.39, 0.29) is 9.89 Å². The first kappa shape index (κ1) is 14.3. The minimum Gasteiger partial charge on any atom is -0.496 e. The van der Waals surface area contributed by atoms with Crippen molar-refractivity contribution in [3.63, 3.8) is 0 Å². The predicted molar refractivity (Wildman–Crippen MR) is 75.8 cm³/mol. The highest BCUT2D eigenvalue weighted by Gasteiger charge is 2.14. The fourth-order valence-corrected chi connectivity index (χ4v) is 2.32. The number of esters is 1. The Labute approximate surface area is 116 Å². The molecular weight excluding hydrogens is 331 g/mol. The SMILES string of the molecule is COC(=O)C(I)CCCc1ccccc1OC. The number of methoxy groups -OCH3 is 2. The molecule has 0 saturated heterocycles. The van der Waals surface area contributed by atoms with E-state index in [4.69, 9.17) is 4.74 Å². The van der Waals surface area contributed by atoms with E-state index in [1.807, 2.05) is 18.2 Å². The largest absolute Gasteiger partial charge is 0.496 e. The molecule has 1 aromatic rings. The van der Waals surface area contributed by atoms with Crippen LogP contribution in [-0.4, -0.2) is 24.1 Å². The molecule has 0 aromatic heterocycles. The number of benzene rings is 1. The summed E-state index contributed by atoms with van der Waals surface area (Å²) in [4.78, 5) is 11.2. The third-order valence-electron chi connectivity index (χ3n) is 2.55. The van der Waals surface area contributed by atoms with Gasteiger partial charge in [-0.1, -0.05) is 40.8 Å². The van der Waals surface area contributed by atoms with E-state index in [0.29, 0.717) is 0 Å². The molecule has 1 rings (SSSR count). The molecule has 3 nitrogen and oxygen atoms in total. The summed E-state index contributed by atoms with van der Waals surface area (Å²) in [7, 11) is 3.10. The van der Waals surface area contributed by atoms with Crippen LogP contribution in [0, 0.1) is 0 Å². The molecule has 1 aromatic carbocycles. The van der Waals surface area contributed by atoms with Gasteiger partial charge in [-0.2, -0.15) is 0 Å². The second-order valence-corrected chi connectivity index (χ2v) is 5.20. The second kappa shape index (κ2) is 7.53. The zero-order valence-electron chi connectivity index (χ0n) is 10.1. The molecule has 0 heterocycles. The second-order valence-electron chi connectivity index (χ2n) is 3.69. The lowest BCUT2D eigenvalue weighted by molar-refractivity contribution is -0.139. The quantitative estimate of drug-likeness (QED) is 0.450. The predicted octanol–water partition coefficient (Wildman–Crippen LogP) is 2.99. The van der Waals surface area contributed by atoms with Gasteiger partial charge in [0, 0.05) is 0 Å². The van der Waals surface area contributed by atoms with Gasteiger partial charge in [-0.05, 0) is 30.9 Å². The van der Waals surface area contributed by atoms with E-state index in [0.717, 1.165) is 25.0 Å². The van der Waals surface area contributed by atoms with E-state index in [1.54, 1.807) is 7.11 Å². The summed E-state index contributed by atoms with van der Waals surface area (Å²) >= 11 is 2.12. The first-order chi connectivity index (χ1) is 8.19. The summed E-state index contributed by atoms with van der Waals surface area (Å²) in [5.41, 5.74) is 1.18. The minimum absolute atomic E-state index is 0.0627. The number of ether oxygens (including phenoxy) is 2. The van der Waals surface area contributed by atoms with E-state index in [1.165, 1.54) is 12.7 Å². The average molecular weight is 348 g/mol. The number of rotatable bonds is 6. The van der Waals surface area contributed by atoms with Crippen molar-refractivity contribution >= 4 is 28.6 Å². The monoisotopic (exact) mass is 348 g/mol. The van der Waals surface area contributed by atoms with Gasteiger partial charge in [0.1, 0.15) is 9.67 Å². The highest BCUT2D eigenvalue weighted by atomic mass is 127. The minimum atomic E-state index is -0.148. The number of hydrogen-bond donors (Lipinski definition) is 0. The fraction of sp³-hybridized carbons (Fsp3) is 0.462.